The van der Waals surface area contributed by atoms with Gasteiger partial charge in [-0.1, -0.05) is 13.0 Å². The summed E-state index contributed by atoms with van der Waals surface area (Å²) in [6.07, 6.45) is 3.16. The van der Waals surface area contributed by atoms with Gasteiger partial charge < -0.3 is 5.11 Å². The molecule has 1 saturated carbocycles. The van der Waals surface area contributed by atoms with Crippen molar-refractivity contribution < 1.29 is 13.5 Å². The fraction of sp³-hybridized carbons (Fsp3) is 0.600. The lowest BCUT2D eigenvalue weighted by Gasteiger charge is -2.34. The molecule has 1 aromatic carbocycles. The number of benzene rings is 1. The van der Waals surface area contributed by atoms with Crippen LogP contribution in [0.3, 0.4) is 0 Å². The van der Waals surface area contributed by atoms with Gasteiger partial charge >= 0.3 is 0 Å². The summed E-state index contributed by atoms with van der Waals surface area (Å²) < 4.78 is 27.8. The average Bonchev–Trinajstić information content (AvgIpc) is 2.40. The summed E-state index contributed by atoms with van der Waals surface area (Å²) in [5.74, 6) is 0.605. The van der Waals surface area contributed by atoms with E-state index in [4.69, 9.17) is 0 Å². The maximum absolute atomic E-state index is 12.4. The topological polar surface area (TPSA) is 66.4 Å². The largest absolute Gasteiger partial charge is 0.389 e. The lowest BCUT2D eigenvalue weighted by atomic mass is 9.80. The first-order chi connectivity index (χ1) is 9.72. The smallest absolute Gasteiger partial charge is 0.241 e. The minimum Gasteiger partial charge on any atom is -0.389 e. The maximum Gasteiger partial charge on any atom is 0.241 e. The number of hydrogen-bond acceptors (Lipinski definition) is 3. The average molecular weight is 376 g/mol. The van der Waals surface area contributed by atoms with Crippen LogP contribution in [0, 0.1) is 12.8 Å². The zero-order chi connectivity index (χ0) is 15.7. The Bertz CT molecular complexity index is 607. The summed E-state index contributed by atoms with van der Waals surface area (Å²) in [6.45, 7) is 4.13. The Hall–Kier alpha value is -0.430. The molecule has 0 heterocycles. The maximum atomic E-state index is 12.4. The highest BCUT2D eigenvalue weighted by Crippen LogP contribution is 2.32. The van der Waals surface area contributed by atoms with E-state index in [0.717, 1.165) is 18.4 Å². The fourth-order valence-corrected chi connectivity index (χ4v) is 4.92. The molecule has 0 unspecified atom stereocenters. The molecule has 4 nitrogen and oxygen atoms in total. The van der Waals surface area contributed by atoms with Gasteiger partial charge in [0.05, 0.1) is 10.5 Å². The van der Waals surface area contributed by atoms with Gasteiger partial charge in [-0.25, -0.2) is 13.1 Å². The summed E-state index contributed by atoms with van der Waals surface area (Å²) in [4.78, 5) is 0.209. The molecule has 118 valence electrons. The summed E-state index contributed by atoms with van der Waals surface area (Å²) in [7, 11) is -3.62. The normalized spacial score (nSPS) is 26.8. The van der Waals surface area contributed by atoms with Gasteiger partial charge in [0.2, 0.25) is 10.0 Å². The van der Waals surface area contributed by atoms with E-state index in [1.807, 2.05) is 6.92 Å². The number of hydrogen-bond donors (Lipinski definition) is 2. The molecule has 0 aromatic heterocycles. The van der Waals surface area contributed by atoms with Gasteiger partial charge in [0.25, 0.3) is 0 Å². The van der Waals surface area contributed by atoms with Crippen LogP contribution in [-0.2, 0) is 10.0 Å². The molecule has 1 aromatic rings. The Morgan fingerprint density at radius 2 is 2.00 bits per heavy atom. The van der Waals surface area contributed by atoms with Crippen LogP contribution in [0.2, 0.25) is 0 Å². The predicted octanol–water partition coefficient (Wildman–Crippen LogP) is 2.98. The third-order valence-corrected chi connectivity index (χ3v) is 6.55. The lowest BCUT2D eigenvalue weighted by Crippen LogP contribution is -2.45. The molecule has 0 saturated heterocycles. The zero-order valence-electron chi connectivity index (χ0n) is 12.4. The quantitative estimate of drug-likeness (QED) is 0.849. The monoisotopic (exact) mass is 375 g/mol. The predicted molar refractivity (Wildman–Crippen MR) is 86.6 cm³/mol. The summed E-state index contributed by atoms with van der Waals surface area (Å²) in [6, 6.07) is 5.11. The second-order valence-electron chi connectivity index (χ2n) is 6.17. The van der Waals surface area contributed by atoms with E-state index >= 15 is 0 Å². The molecule has 1 fully saturated rings. The third-order valence-electron chi connectivity index (χ3n) is 4.17. The van der Waals surface area contributed by atoms with Crippen LogP contribution in [0.15, 0.2) is 27.6 Å². The SMILES string of the molecule is Cc1ccc(S(=O)(=O)NCC2(O)CCC(C)CC2)c(Br)c1. The standard InChI is InChI=1S/C15H22BrNO3S/c1-11-5-7-15(18,8-6-11)10-17-21(19,20)14-4-3-12(2)9-13(14)16/h3-4,9,11,17-18H,5-8,10H2,1-2H3. The molecule has 0 bridgehead atoms. The summed E-state index contributed by atoms with van der Waals surface area (Å²) >= 11 is 3.29. The Morgan fingerprint density at radius 1 is 1.38 bits per heavy atom. The van der Waals surface area contributed by atoms with Crippen molar-refractivity contribution in [2.45, 2.75) is 50.0 Å². The van der Waals surface area contributed by atoms with Crippen LogP contribution < -0.4 is 4.72 Å². The number of aliphatic hydroxyl groups is 1. The van der Waals surface area contributed by atoms with Crippen LogP contribution in [0.4, 0.5) is 0 Å². The number of sulfonamides is 1. The Kier molecular flexibility index (Phi) is 5.13. The van der Waals surface area contributed by atoms with Crippen molar-refractivity contribution in [2.75, 3.05) is 6.54 Å². The van der Waals surface area contributed by atoms with Gasteiger partial charge in [-0.2, -0.15) is 0 Å². The number of nitrogens with one attached hydrogen (secondary N) is 1. The van der Waals surface area contributed by atoms with Crippen LogP contribution in [0.25, 0.3) is 0 Å². The Labute approximate surface area is 135 Å². The van der Waals surface area contributed by atoms with Crippen molar-refractivity contribution in [3.63, 3.8) is 0 Å². The van der Waals surface area contributed by atoms with E-state index in [9.17, 15) is 13.5 Å². The van der Waals surface area contributed by atoms with Crippen LogP contribution in [-0.4, -0.2) is 25.7 Å². The molecular formula is C15H22BrNO3S. The lowest BCUT2D eigenvalue weighted by molar-refractivity contribution is -0.00183. The van der Waals surface area contributed by atoms with Crippen molar-refractivity contribution >= 4 is 26.0 Å². The van der Waals surface area contributed by atoms with Crippen molar-refractivity contribution in [1.82, 2.24) is 4.72 Å². The zero-order valence-corrected chi connectivity index (χ0v) is 14.8. The number of halogens is 1. The Morgan fingerprint density at radius 3 is 2.57 bits per heavy atom. The van der Waals surface area contributed by atoms with Gasteiger partial charge in [0.1, 0.15) is 0 Å². The molecular weight excluding hydrogens is 354 g/mol. The molecule has 2 N–H and O–H groups in total. The number of aryl methyl sites for hydroxylation is 1. The molecule has 1 aliphatic carbocycles. The molecule has 0 aliphatic heterocycles. The van der Waals surface area contributed by atoms with Gasteiger partial charge in [0, 0.05) is 11.0 Å². The highest BCUT2D eigenvalue weighted by molar-refractivity contribution is 9.10. The van der Waals surface area contributed by atoms with Gasteiger partial charge in [-0.15, -0.1) is 0 Å². The highest BCUT2D eigenvalue weighted by atomic mass is 79.9. The highest BCUT2D eigenvalue weighted by Gasteiger charge is 2.33. The molecule has 6 heteroatoms. The van der Waals surface area contributed by atoms with E-state index in [1.54, 1.807) is 18.2 Å². The van der Waals surface area contributed by atoms with Crippen LogP contribution >= 0.6 is 15.9 Å². The Balaban J connectivity index is 2.08. The summed E-state index contributed by atoms with van der Waals surface area (Å²) in [5, 5.41) is 10.5. The van der Waals surface area contributed by atoms with E-state index < -0.39 is 15.6 Å². The van der Waals surface area contributed by atoms with E-state index in [-0.39, 0.29) is 11.4 Å². The van der Waals surface area contributed by atoms with E-state index in [2.05, 4.69) is 27.6 Å². The van der Waals surface area contributed by atoms with Crippen molar-refractivity contribution in [3.8, 4) is 0 Å². The molecule has 1 aliphatic rings. The molecule has 0 amide bonds. The molecule has 2 rings (SSSR count). The first kappa shape index (κ1) is 16.9. The second kappa shape index (κ2) is 6.36. The van der Waals surface area contributed by atoms with Crippen molar-refractivity contribution in [1.29, 1.82) is 0 Å². The van der Waals surface area contributed by atoms with Gasteiger partial charge in [-0.05, 0) is 72.2 Å². The van der Waals surface area contributed by atoms with Crippen LogP contribution in [0.1, 0.15) is 38.2 Å². The molecule has 0 radical (unpaired) electrons. The van der Waals surface area contributed by atoms with Gasteiger partial charge in [-0.3, -0.25) is 0 Å². The summed E-state index contributed by atoms with van der Waals surface area (Å²) in [5.41, 5.74) is 0.0669. The van der Waals surface area contributed by atoms with Gasteiger partial charge in [0.15, 0.2) is 0 Å². The van der Waals surface area contributed by atoms with E-state index in [1.165, 1.54) is 0 Å². The minimum absolute atomic E-state index is 0.0718. The van der Waals surface area contributed by atoms with Crippen molar-refractivity contribution in [2.24, 2.45) is 5.92 Å². The second-order valence-corrected chi connectivity index (χ2v) is 8.76. The molecule has 0 spiro atoms. The molecule has 0 atom stereocenters. The first-order valence-electron chi connectivity index (χ1n) is 7.20. The fourth-order valence-electron chi connectivity index (χ4n) is 2.61. The van der Waals surface area contributed by atoms with Crippen LogP contribution in [0.5, 0.6) is 0 Å². The number of rotatable bonds is 4. The molecule has 21 heavy (non-hydrogen) atoms. The third kappa shape index (κ3) is 4.28. The van der Waals surface area contributed by atoms with E-state index in [0.29, 0.717) is 23.2 Å². The minimum atomic E-state index is -3.62. The van der Waals surface area contributed by atoms with Crippen molar-refractivity contribution in [3.05, 3.63) is 28.2 Å². The first-order valence-corrected chi connectivity index (χ1v) is 9.48.